The summed E-state index contributed by atoms with van der Waals surface area (Å²) in [6.45, 7) is 4.67. The number of aromatic nitrogens is 3. The highest BCUT2D eigenvalue weighted by atomic mass is 79.9. The highest BCUT2D eigenvalue weighted by molar-refractivity contribution is 9.10. The van der Waals surface area contributed by atoms with Gasteiger partial charge in [0.15, 0.2) is 10.8 Å². The summed E-state index contributed by atoms with van der Waals surface area (Å²) in [7, 11) is 0. The Morgan fingerprint density at radius 3 is 2.74 bits per heavy atom. The molecule has 1 amide bonds. The Morgan fingerprint density at radius 2 is 2.09 bits per heavy atom. The second-order valence-corrected chi connectivity index (χ2v) is 6.76. The van der Waals surface area contributed by atoms with Crippen molar-refractivity contribution in [1.29, 1.82) is 0 Å². The number of hydrogen-bond acceptors (Lipinski definition) is 4. The van der Waals surface area contributed by atoms with E-state index in [0.29, 0.717) is 10.8 Å². The van der Waals surface area contributed by atoms with E-state index >= 15 is 0 Å². The topological polar surface area (TPSA) is 59.8 Å². The summed E-state index contributed by atoms with van der Waals surface area (Å²) < 4.78 is 2.82. The van der Waals surface area contributed by atoms with Crippen LogP contribution < -0.4 is 5.32 Å². The first-order valence-corrected chi connectivity index (χ1v) is 8.81. The molecular weight excluding hydrogens is 376 g/mol. The maximum absolute atomic E-state index is 12.3. The fourth-order valence-electron chi connectivity index (χ4n) is 2.19. The van der Waals surface area contributed by atoms with Gasteiger partial charge in [0.2, 0.25) is 0 Å². The summed E-state index contributed by atoms with van der Waals surface area (Å²) in [5.74, 6) is -0.239. The zero-order valence-electron chi connectivity index (χ0n) is 12.7. The summed E-state index contributed by atoms with van der Waals surface area (Å²) >= 11 is 4.81. The second kappa shape index (κ2) is 6.64. The van der Waals surface area contributed by atoms with Crippen LogP contribution >= 0.6 is 27.3 Å². The Morgan fingerprint density at radius 1 is 1.35 bits per heavy atom. The molecule has 7 heteroatoms. The third-order valence-corrected chi connectivity index (χ3v) is 4.66. The molecule has 0 spiro atoms. The molecule has 1 aromatic carbocycles. The van der Waals surface area contributed by atoms with Gasteiger partial charge in [0.05, 0.1) is 5.69 Å². The molecule has 0 aliphatic heterocycles. The van der Waals surface area contributed by atoms with Crippen molar-refractivity contribution >= 4 is 38.3 Å². The Bertz CT molecular complexity index is 838. The van der Waals surface area contributed by atoms with E-state index in [-0.39, 0.29) is 5.91 Å². The van der Waals surface area contributed by atoms with E-state index in [1.807, 2.05) is 43.5 Å². The number of nitrogens with one attached hydrogen (secondary N) is 1. The predicted molar refractivity (Wildman–Crippen MR) is 95.8 cm³/mol. The van der Waals surface area contributed by atoms with Crippen LogP contribution in [0.5, 0.6) is 0 Å². The number of halogens is 1. The number of hydrogen-bond donors (Lipinski definition) is 1. The van der Waals surface area contributed by atoms with E-state index < -0.39 is 0 Å². The van der Waals surface area contributed by atoms with Crippen molar-refractivity contribution in [2.75, 3.05) is 5.32 Å². The van der Waals surface area contributed by atoms with Crippen LogP contribution in [-0.2, 0) is 6.54 Å². The summed E-state index contributed by atoms with van der Waals surface area (Å²) in [4.78, 5) is 16.7. The molecule has 0 aliphatic carbocycles. The molecule has 2 aromatic heterocycles. The number of anilines is 1. The Kier molecular flexibility index (Phi) is 4.58. The van der Waals surface area contributed by atoms with Gasteiger partial charge < -0.3 is 0 Å². The van der Waals surface area contributed by atoms with Crippen LogP contribution in [0, 0.1) is 6.92 Å². The van der Waals surface area contributed by atoms with E-state index in [4.69, 9.17) is 0 Å². The number of carbonyl (C=O) groups is 1. The first-order valence-electron chi connectivity index (χ1n) is 7.14. The highest BCUT2D eigenvalue weighted by Gasteiger charge is 2.14. The van der Waals surface area contributed by atoms with Crippen LogP contribution in [0.2, 0.25) is 0 Å². The largest absolute Gasteiger partial charge is 0.296 e. The third kappa shape index (κ3) is 3.51. The van der Waals surface area contributed by atoms with Crippen LogP contribution in [0.3, 0.4) is 0 Å². The van der Waals surface area contributed by atoms with Gasteiger partial charge in [-0.15, -0.1) is 11.3 Å². The molecule has 0 saturated heterocycles. The zero-order valence-corrected chi connectivity index (χ0v) is 15.1. The minimum absolute atomic E-state index is 0.239. The minimum atomic E-state index is -0.239. The second-order valence-electron chi connectivity index (χ2n) is 4.99. The lowest BCUT2D eigenvalue weighted by Gasteiger charge is -1.99. The standard InChI is InChI=1S/C16H15BrN4OS/c1-3-21-10(2)8-13(20-21)15(22)19-16-18-14(9-23-16)11-4-6-12(17)7-5-11/h4-9H,3H2,1-2H3,(H,18,19,22). The van der Waals surface area contributed by atoms with Crippen molar-refractivity contribution in [1.82, 2.24) is 14.8 Å². The van der Waals surface area contributed by atoms with Gasteiger partial charge in [-0.1, -0.05) is 28.1 Å². The Hall–Kier alpha value is -1.99. The molecule has 0 fully saturated rings. The molecule has 2 heterocycles. The average Bonchev–Trinajstić information content (AvgIpc) is 3.14. The van der Waals surface area contributed by atoms with E-state index in [2.05, 4.69) is 31.3 Å². The van der Waals surface area contributed by atoms with Crippen LogP contribution in [-0.4, -0.2) is 20.7 Å². The van der Waals surface area contributed by atoms with Crippen LogP contribution in [0.25, 0.3) is 11.3 Å². The number of amides is 1. The van der Waals surface area contributed by atoms with Gasteiger partial charge in [0.1, 0.15) is 0 Å². The number of benzene rings is 1. The van der Waals surface area contributed by atoms with Gasteiger partial charge >= 0.3 is 0 Å². The number of thiazole rings is 1. The number of rotatable bonds is 4. The molecule has 0 atom stereocenters. The number of aryl methyl sites for hydroxylation is 2. The van der Waals surface area contributed by atoms with Gasteiger partial charge in [-0.05, 0) is 32.0 Å². The predicted octanol–water partition coefficient (Wildman–Crippen LogP) is 4.35. The van der Waals surface area contributed by atoms with Crippen molar-refractivity contribution in [3.05, 3.63) is 51.6 Å². The normalized spacial score (nSPS) is 10.7. The van der Waals surface area contributed by atoms with Crippen molar-refractivity contribution in [2.24, 2.45) is 0 Å². The molecule has 0 aliphatic rings. The average molecular weight is 391 g/mol. The number of carbonyl (C=O) groups excluding carboxylic acids is 1. The molecule has 1 N–H and O–H groups in total. The molecule has 3 aromatic rings. The molecule has 23 heavy (non-hydrogen) atoms. The monoisotopic (exact) mass is 390 g/mol. The lowest BCUT2D eigenvalue weighted by Crippen LogP contribution is -2.13. The fraction of sp³-hybridized carbons (Fsp3) is 0.188. The molecule has 0 radical (unpaired) electrons. The molecular formula is C16H15BrN4OS. The van der Waals surface area contributed by atoms with Gasteiger partial charge in [-0.3, -0.25) is 14.8 Å². The Labute approximate surface area is 146 Å². The molecule has 118 valence electrons. The number of nitrogens with zero attached hydrogens (tertiary/aromatic N) is 3. The zero-order chi connectivity index (χ0) is 16.4. The maximum Gasteiger partial charge on any atom is 0.277 e. The quantitative estimate of drug-likeness (QED) is 0.720. The summed E-state index contributed by atoms with van der Waals surface area (Å²) in [6, 6.07) is 9.68. The first-order chi connectivity index (χ1) is 11.1. The maximum atomic E-state index is 12.3. The van der Waals surface area contributed by atoms with E-state index in [0.717, 1.165) is 28.0 Å². The SMILES string of the molecule is CCn1nc(C(=O)Nc2nc(-c3ccc(Br)cc3)cs2)cc1C. The molecule has 0 bridgehead atoms. The molecule has 3 rings (SSSR count). The van der Waals surface area contributed by atoms with Crippen molar-refractivity contribution in [3.63, 3.8) is 0 Å². The van der Waals surface area contributed by atoms with Crippen molar-refractivity contribution in [2.45, 2.75) is 20.4 Å². The molecule has 5 nitrogen and oxygen atoms in total. The van der Waals surface area contributed by atoms with Gasteiger partial charge in [0, 0.05) is 27.7 Å². The summed E-state index contributed by atoms with van der Waals surface area (Å²) in [5, 5.41) is 9.57. The van der Waals surface area contributed by atoms with Gasteiger partial charge in [0.25, 0.3) is 5.91 Å². The van der Waals surface area contributed by atoms with Gasteiger partial charge in [-0.2, -0.15) is 5.10 Å². The summed E-state index contributed by atoms with van der Waals surface area (Å²) in [5.41, 5.74) is 3.22. The van der Waals surface area contributed by atoms with Gasteiger partial charge in [-0.25, -0.2) is 4.98 Å². The first kappa shape index (κ1) is 15.9. The molecule has 0 unspecified atom stereocenters. The van der Waals surface area contributed by atoms with E-state index in [9.17, 15) is 4.79 Å². The summed E-state index contributed by atoms with van der Waals surface area (Å²) in [6.07, 6.45) is 0. The van der Waals surface area contributed by atoms with Crippen LogP contribution in [0.4, 0.5) is 5.13 Å². The Balaban J connectivity index is 1.75. The van der Waals surface area contributed by atoms with Crippen molar-refractivity contribution < 1.29 is 4.79 Å². The smallest absolute Gasteiger partial charge is 0.277 e. The lowest BCUT2D eigenvalue weighted by molar-refractivity contribution is 0.102. The minimum Gasteiger partial charge on any atom is -0.296 e. The third-order valence-electron chi connectivity index (χ3n) is 3.38. The highest BCUT2D eigenvalue weighted by Crippen LogP contribution is 2.26. The van der Waals surface area contributed by atoms with Crippen molar-refractivity contribution in [3.8, 4) is 11.3 Å². The van der Waals surface area contributed by atoms with E-state index in [1.54, 1.807) is 10.7 Å². The van der Waals surface area contributed by atoms with E-state index in [1.165, 1.54) is 11.3 Å². The van der Waals surface area contributed by atoms with Crippen LogP contribution in [0.15, 0.2) is 40.2 Å². The fourth-order valence-corrected chi connectivity index (χ4v) is 3.17. The molecule has 0 saturated carbocycles. The van der Waals surface area contributed by atoms with Crippen LogP contribution in [0.1, 0.15) is 23.1 Å². The lowest BCUT2D eigenvalue weighted by atomic mass is 10.2.